The van der Waals surface area contributed by atoms with Crippen molar-refractivity contribution in [3.05, 3.63) is 45.0 Å². The summed E-state index contributed by atoms with van der Waals surface area (Å²) in [6.07, 6.45) is 0. The average molecular weight is 374 g/mol. The largest absolute Gasteiger partial charge is 0.437 e. The lowest BCUT2D eigenvalue weighted by Crippen LogP contribution is -2.17. The van der Waals surface area contributed by atoms with Crippen LogP contribution in [0.1, 0.15) is 32.2 Å². The van der Waals surface area contributed by atoms with Crippen LogP contribution in [0, 0.1) is 12.7 Å². The van der Waals surface area contributed by atoms with Crippen LogP contribution in [-0.4, -0.2) is 9.97 Å². The topological polar surface area (TPSA) is 35.0 Å². The van der Waals surface area contributed by atoms with E-state index in [0.717, 1.165) is 0 Å². The number of rotatable bonds is 2. The third-order valence-corrected chi connectivity index (χ3v) is 3.84. The first-order chi connectivity index (χ1) is 9.68. The first-order valence-corrected chi connectivity index (χ1v) is 7.53. The fourth-order valence-electron chi connectivity index (χ4n) is 1.56. The summed E-state index contributed by atoms with van der Waals surface area (Å²) in [4.78, 5) is 8.68. The van der Waals surface area contributed by atoms with E-state index in [2.05, 4.69) is 25.9 Å². The number of ether oxygens (including phenoxy) is 1. The molecule has 0 amide bonds. The van der Waals surface area contributed by atoms with E-state index >= 15 is 0 Å². The summed E-state index contributed by atoms with van der Waals surface area (Å²) in [7, 11) is 0. The van der Waals surface area contributed by atoms with E-state index in [9.17, 15) is 4.39 Å². The molecule has 0 aliphatic heterocycles. The van der Waals surface area contributed by atoms with E-state index in [-0.39, 0.29) is 11.2 Å². The second kappa shape index (κ2) is 5.89. The van der Waals surface area contributed by atoms with Crippen LogP contribution < -0.4 is 4.74 Å². The highest BCUT2D eigenvalue weighted by atomic mass is 79.9. The molecule has 0 atom stereocenters. The molecule has 21 heavy (non-hydrogen) atoms. The fourth-order valence-corrected chi connectivity index (χ4v) is 2.05. The van der Waals surface area contributed by atoms with Gasteiger partial charge in [0.1, 0.15) is 22.5 Å². The van der Waals surface area contributed by atoms with E-state index in [1.165, 1.54) is 12.1 Å². The van der Waals surface area contributed by atoms with Crippen LogP contribution >= 0.6 is 27.5 Å². The van der Waals surface area contributed by atoms with E-state index in [0.29, 0.717) is 32.6 Å². The smallest absolute Gasteiger partial charge is 0.227 e. The molecule has 2 aromatic rings. The summed E-state index contributed by atoms with van der Waals surface area (Å²) in [6, 6.07) is 4.21. The second-order valence-corrected chi connectivity index (χ2v) is 6.91. The van der Waals surface area contributed by atoms with Crippen molar-refractivity contribution in [1.29, 1.82) is 0 Å². The summed E-state index contributed by atoms with van der Waals surface area (Å²) >= 11 is 9.47. The van der Waals surface area contributed by atoms with E-state index < -0.39 is 0 Å². The number of benzene rings is 1. The van der Waals surface area contributed by atoms with Crippen molar-refractivity contribution in [2.75, 3.05) is 0 Å². The van der Waals surface area contributed by atoms with Crippen molar-refractivity contribution < 1.29 is 9.13 Å². The molecule has 3 nitrogen and oxygen atoms in total. The monoisotopic (exact) mass is 372 g/mol. The molecule has 1 heterocycles. The minimum atomic E-state index is -0.387. The maximum atomic E-state index is 13.3. The summed E-state index contributed by atoms with van der Waals surface area (Å²) in [5, 5.41) is 0.331. The Balaban J connectivity index is 2.49. The van der Waals surface area contributed by atoms with Gasteiger partial charge in [-0.1, -0.05) is 32.4 Å². The van der Waals surface area contributed by atoms with Crippen molar-refractivity contribution in [1.82, 2.24) is 9.97 Å². The van der Waals surface area contributed by atoms with Crippen molar-refractivity contribution >= 4 is 27.5 Å². The molecule has 1 aromatic carbocycles. The summed E-state index contributed by atoms with van der Waals surface area (Å²) in [6.45, 7) is 7.71. The lowest BCUT2D eigenvalue weighted by Gasteiger charge is -2.19. The van der Waals surface area contributed by atoms with Gasteiger partial charge in [-0.25, -0.2) is 9.37 Å². The van der Waals surface area contributed by atoms with Crippen LogP contribution in [0.5, 0.6) is 11.6 Å². The van der Waals surface area contributed by atoms with Crippen LogP contribution in [0.3, 0.4) is 0 Å². The zero-order valence-electron chi connectivity index (χ0n) is 12.2. The predicted molar refractivity (Wildman–Crippen MR) is 84.7 cm³/mol. The lowest BCUT2D eigenvalue weighted by atomic mass is 9.96. The standard InChI is InChI=1S/C15H15BrClFN2O/c1-8-12(17)19-14(15(2,3)4)20-13(8)21-11-7-9(18)5-6-10(11)16/h5-7H,1-4H3. The zero-order valence-corrected chi connectivity index (χ0v) is 14.5. The van der Waals surface area contributed by atoms with Gasteiger partial charge in [0.05, 0.1) is 4.47 Å². The van der Waals surface area contributed by atoms with Crippen LogP contribution in [0.15, 0.2) is 22.7 Å². The van der Waals surface area contributed by atoms with Gasteiger partial charge in [-0.15, -0.1) is 0 Å². The molecule has 0 spiro atoms. The predicted octanol–water partition coefficient (Wildman–Crippen LogP) is 5.43. The van der Waals surface area contributed by atoms with Gasteiger partial charge in [0, 0.05) is 17.0 Å². The molecule has 0 radical (unpaired) electrons. The summed E-state index contributed by atoms with van der Waals surface area (Å²) < 4.78 is 19.7. The number of nitrogens with zero attached hydrogens (tertiary/aromatic N) is 2. The van der Waals surface area contributed by atoms with Gasteiger partial charge in [-0.05, 0) is 35.0 Å². The fraction of sp³-hybridized carbons (Fsp3) is 0.333. The van der Waals surface area contributed by atoms with Crippen molar-refractivity contribution in [2.24, 2.45) is 0 Å². The van der Waals surface area contributed by atoms with Crippen LogP contribution in [-0.2, 0) is 5.41 Å². The molecule has 0 aliphatic rings. The Labute approximate surface area is 136 Å². The Morgan fingerprint density at radius 1 is 1.24 bits per heavy atom. The molecular formula is C15H15BrClFN2O. The number of hydrogen-bond donors (Lipinski definition) is 0. The lowest BCUT2D eigenvalue weighted by molar-refractivity contribution is 0.436. The molecule has 0 saturated carbocycles. The summed E-state index contributed by atoms with van der Waals surface area (Å²) in [5.41, 5.74) is 0.343. The zero-order chi connectivity index (χ0) is 15.8. The van der Waals surface area contributed by atoms with Crippen molar-refractivity contribution in [3.63, 3.8) is 0 Å². The van der Waals surface area contributed by atoms with Crippen LogP contribution in [0.25, 0.3) is 0 Å². The third kappa shape index (κ3) is 3.71. The van der Waals surface area contributed by atoms with Crippen LogP contribution in [0.2, 0.25) is 5.15 Å². The molecule has 0 unspecified atom stereocenters. The van der Waals surface area contributed by atoms with E-state index in [4.69, 9.17) is 16.3 Å². The first kappa shape index (κ1) is 16.2. The minimum Gasteiger partial charge on any atom is -0.437 e. The molecule has 6 heteroatoms. The highest BCUT2D eigenvalue weighted by Gasteiger charge is 2.22. The van der Waals surface area contributed by atoms with Gasteiger partial charge in [-0.3, -0.25) is 0 Å². The van der Waals surface area contributed by atoms with Gasteiger partial charge in [0.25, 0.3) is 0 Å². The number of aromatic nitrogens is 2. The quantitative estimate of drug-likeness (QED) is 0.658. The van der Waals surface area contributed by atoms with Crippen LogP contribution in [0.4, 0.5) is 4.39 Å². The Morgan fingerprint density at radius 3 is 2.52 bits per heavy atom. The molecular weight excluding hydrogens is 359 g/mol. The SMILES string of the molecule is Cc1c(Cl)nc(C(C)(C)C)nc1Oc1cc(F)ccc1Br. The molecule has 0 bridgehead atoms. The van der Waals surface area contributed by atoms with E-state index in [1.807, 2.05) is 20.8 Å². The van der Waals surface area contributed by atoms with Gasteiger partial charge >= 0.3 is 0 Å². The number of halogens is 3. The molecule has 0 aliphatic carbocycles. The minimum absolute atomic E-state index is 0.269. The molecule has 0 saturated heterocycles. The Bertz CT molecular complexity index is 686. The average Bonchev–Trinajstić information content (AvgIpc) is 2.37. The molecule has 0 fully saturated rings. The molecule has 2 rings (SSSR count). The van der Waals surface area contributed by atoms with Gasteiger partial charge in [0.15, 0.2) is 0 Å². The summed E-state index contributed by atoms with van der Waals surface area (Å²) in [5.74, 6) is 0.849. The highest BCUT2D eigenvalue weighted by molar-refractivity contribution is 9.10. The highest BCUT2D eigenvalue weighted by Crippen LogP contribution is 2.34. The van der Waals surface area contributed by atoms with E-state index in [1.54, 1.807) is 13.0 Å². The number of hydrogen-bond acceptors (Lipinski definition) is 3. The normalized spacial score (nSPS) is 11.6. The van der Waals surface area contributed by atoms with Gasteiger partial charge < -0.3 is 4.74 Å². The van der Waals surface area contributed by atoms with Crippen molar-refractivity contribution in [3.8, 4) is 11.6 Å². The Kier molecular flexibility index (Phi) is 4.54. The first-order valence-electron chi connectivity index (χ1n) is 6.36. The molecule has 0 N–H and O–H groups in total. The Morgan fingerprint density at radius 2 is 1.90 bits per heavy atom. The third-order valence-electron chi connectivity index (χ3n) is 2.81. The van der Waals surface area contributed by atoms with Gasteiger partial charge in [0.2, 0.25) is 5.88 Å². The molecule has 1 aromatic heterocycles. The second-order valence-electron chi connectivity index (χ2n) is 5.69. The van der Waals surface area contributed by atoms with Gasteiger partial charge in [-0.2, -0.15) is 4.98 Å². The molecule has 112 valence electrons. The van der Waals surface area contributed by atoms with Crippen molar-refractivity contribution in [2.45, 2.75) is 33.1 Å². The maximum absolute atomic E-state index is 13.3. The maximum Gasteiger partial charge on any atom is 0.227 e. The Hall–Kier alpha value is -1.20.